The summed E-state index contributed by atoms with van der Waals surface area (Å²) < 4.78 is 27.7. The summed E-state index contributed by atoms with van der Waals surface area (Å²) in [6, 6.07) is -0.0515. The number of carbonyl (C=O) groups is 1. The standard InChI is InChI=1S/C11H21N5O3S/c1-4-5-16-7-9(11(12)15-16)20(18,19)13-6-10(17)14-8(2)3/h7-8,13H,4-6H2,1-3H3,(H2,12,15)(H,14,17). The molecule has 0 fully saturated rings. The van der Waals surface area contributed by atoms with Crippen LogP contribution in [0.2, 0.25) is 0 Å². The van der Waals surface area contributed by atoms with Gasteiger partial charge in [0.15, 0.2) is 5.82 Å². The van der Waals surface area contributed by atoms with E-state index in [2.05, 4.69) is 15.1 Å². The second kappa shape index (κ2) is 6.71. The van der Waals surface area contributed by atoms with Gasteiger partial charge in [0.25, 0.3) is 0 Å². The second-order valence-electron chi connectivity index (χ2n) is 4.69. The molecular formula is C11H21N5O3S. The van der Waals surface area contributed by atoms with E-state index in [0.29, 0.717) is 6.54 Å². The van der Waals surface area contributed by atoms with Crippen LogP contribution in [0.5, 0.6) is 0 Å². The predicted octanol–water partition coefficient (Wildman–Crippen LogP) is -0.322. The molecule has 20 heavy (non-hydrogen) atoms. The molecule has 0 spiro atoms. The summed E-state index contributed by atoms with van der Waals surface area (Å²) in [5.41, 5.74) is 5.59. The summed E-state index contributed by atoms with van der Waals surface area (Å²) in [6.45, 7) is 5.77. The van der Waals surface area contributed by atoms with Crippen LogP contribution in [-0.2, 0) is 21.4 Å². The summed E-state index contributed by atoms with van der Waals surface area (Å²) in [7, 11) is -3.84. The Morgan fingerprint density at radius 3 is 2.70 bits per heavy atom. The molecule has 1 rings (SSSR count). The number of anilines is 1. The molecule has 1 amide bonds. The number of rotatable bonds is 7. The van der Waals surface area contributed by atoms with Gasteiger partial charge in [0.05, 0.1) is 6.54 Å². The smallest absolute Gasteiger partial charge is 0.246 e. The monoisotopic (exact) mass is 303 g/mol. The molecule has 0 aliphatic rings. The molecule has 4 N–H and O–H groups in total. The van der Waals surface area contributed by atoms with Gasteiger partial charge >= 0.3 is 0 Å². The fraction of sp³-hybridized carbons (Fsp3) is 0.636. The summed E-state index contributed by atoms with van der Waals surface area (Å²) in [5, 5.41) is 6.51. The van der Waals surface area contributed by atoms with Crippen molar-refractivity contribution in [1.82, 2.24) is 19.8 Å². The predicted molar refractivity (Wildman–Crippen MR) is 75.4 cm³/mol. The maximum absolute atomic E-state index is 12.0. The first-order chi connectivity index (χ1) is 9.26. The molecule has 0 saturated heterocycles. The van der Waals surface area contributed by atoms with Gasteiger partial charge in [-0.2, -0.15) is 5.10 Å². The molecular weight excluding hydrogens is 282 g/mol. The number of hydrogen-bond acceptors (Lipinski definition) is 5. The number of sulfonamides is 1. The lowest BCUT2D eigenvalue weighted by atomic mass is 10.4. The average molecular weight is 303 g/mol. The van der Waals surface area contributed by atoms with E-state index in [-0.39, 0.29) is 23.3 Å². The fourth-order valence-corrected chi connectivity index (χ4v) is 2.63. The van der Waals surface area contributed by atoms with Gasteiger partial charge in [-0.15, -0.1) is 0 Å². The molecule has 0 unspecified atom stereocenters. The maximum Gasteiger partial charge on any atom is 0.246 e. The quantitative estimate of drug-likeness (QED) is 0.637. The van der Waals surface area contributed by atoms with E-state index >= 15 is 0 Å². The van der Waals surface area contributed by atoms with Crippen molar-refractivity contribution < 1.29 is 13.2 Å². The minimum atomic E-state index is -3.84. The number of amides is 1. The first kappa shape index (κ1) is 16.4. The van der Waals surface area contributed by atoms with Gasteiger partial charge in [-0.05, 0) is 20.3 Å². The summed E-state index contributed by atoms with van der Waals surface area (Å²) in [6.07, 6.45) is 2.17. The van der Waals surface area contributed by atoms with E-state index in [0.717, 1.165) is 6.42 Å². The highest BCUT2D eigenvalue weighted by Gasteiger charge is 2.21. The van der Waals surface area contributed by atoms with Crippen molar-refractivity contribution in [3.05, 3.63) is 6.20 Å². The number of aromatic nitrogens is 2. The van der Waals surface area contributed by atoms with Crippen molar-refractivity contribution >= 4 is 21.7 Å². The fourth-order valence-electron chi connectivity index (χ4n) is 1.58. The molecule has 0 bridgehead atoms. The first-order valence-corrected chi connectivity index (χ1v) is 7.86. The highest BCUT2D eigenvalue weighted by atomic mass is 32.2. The highest BCUT2D eigenvalue weighted by molar-refractivity contribution is 7.89. The zero-order chi connectivity index (χ0) is 15.3. The number of nitrogens with two attached hydrogens (primary N) is 1. The Kier molecular flexibility index (Phi) is 5.52. The molecule has 8 nitrogen and oxygen atoms in total. The SMILES string of the molecule is CCCn1cc(S(=O)(=O)NCC(=O)NC(C)C)c(N)n1. The van der Waals surface area contributed by atoms with Gasteiger partial charge in [-0.3, -0.25) is 9.48 Å². The molecule has 1 aromatic rings. The van der Waals surface area contributed by atoms with Gasteiger partial charge in [-0.25, -0.2) is 13.1 Å². The lowest BCUT2D eigenvalue weighted by Gasteiger charge is -2.09. The summed E-state index contributed by atoms with van der Waals surface area (Å²) in [5.74, 6) is -0.474. The van der Waals surface area contributed by atoms with Crippen molar-refractivity contribution in [2.45, 2.75) is 44.7 Å². The van der Waals surface area contributed by atoms with Crippen LogP contribution in [0, 0.1) is 0 Å². The Bertz CT molecular complexity index is 565. The number of nitrogen functional groups attached to an aromatic ring is 1. The van der Waals surface area contributed by atoms with E-state index in [9.17, 15) is 13.2 Å². The summed E-state index contributed by atoms with van der Waals surface area (Å²) in [4.78, 5) is 11.3. The Hall–Kier alpha value is -1.61. The molecule has 0 radical (unpaired) electrons. The third-order valence-electron chi connectivity index (χ3n) is 2.37. The van der Waals surface area contributed by atoms with Crippen molar-refractivity contribution in [2.24, 2.45) is 0 Å². The van der Waals surface area contributed by atoms with E-state index in [1.54, 1.807) is 13.8 Å². The maximum atomic E-state index is 12.0. The zero-order valence-electron chi connectivity index (χ0n) is 11.9. The Balaban J connectivity index is 2.76. The second-order valence-corrected chi connectivity index (χ2v) is 6.42. The van der Waals surface area contributed by atoms with E-state index in [1.165, 1.54) is 10.9 Å². The lowest BCUT2D eigenvalue weighted by Crippen LogP contribution is -2.39. The topological polar surface area (TPSA) is 119 Å². The van der Waals surface area contributed by atoms with Crippen molar-refractivity contribution in [2.75, 3.05) is 12.3 Å². The number of nitrogens with one attached hydrogen (secondary N) is 2. The summed E-state index contributed by atoms with van der Waals surface area (Å²) >= 11 is 0. The Morgan fingerprint density at radius 2 is 2.15 bits per heavy atom. The largest absolute Gasteiger partial charge is 0.381 e. The van der Waals surface area contributed by atoms with Crippen LogP contribution in [0.25, 0.3) is 0 Å². The van der Waals surface area contributed by atoms with Crippen LogP contribution in [0.3, 0.4) is 0 Å². The van der Waals surface area contributed by atoms with Crippen LogP contribution in [0.1, 0.15) is 27.2 Å². The van der Waals surface area contributed by atoms with Crippen LogP contribution in [0.4, 0.5) is 5.82 Å². The first-order valence-electron chi connectivity index (χ1n) is 6.38. The van der Waals surface area contributed by atoms with Crippen LogP contribution in [-0.4, -0.2) is 36.7 Å². The Morgan fingerprint density at radius 1 is 1.50 bits per heavy atom. The normalized spacial score (nSPS) is 11.8. The number of aryl methyl sites for hydroxylation is 1. The minimum Gasteiger partial charge on any atom is -0.381 e. The average Bonchev–Trinajstić information content (AvgIpc) is 2.68. The molecule has 0 saturated carbocycles. The van der Waals surface area contributed by atoms with Gasteiger partial charge in [0.2, 0.25) is 15.9 Å². The van der Waals surface area contributed by atoms with Crippen molar-refractivity contribution in [3.63, 3.8) is 0 Å². The molecule has 1 aromatic heterocycles. The Labute approximate surface area is 118 Å². The van der Waals surface area contributed by atoms with Crippen molar-refractivity contribution in [3.8, 4) is 0 Å². The highest BCUT2D eigenvalue weighted by Crippen LogP contribution is 2.15. The van der Waals surface area contributed by atoms with Crippen LogP contribution < -0.4 is 15.8 Å². The van der Waals surface area contributed by atoms with Crippen LogP contribution in [0.15, 0.2) is 11.1 Å². The minimum absolute atomic E-state index is 0.0515. The molecule has 1 heterocycles. The molecule has 0 atom stereocenters. The number of carbonyl (C=O) groups excluding carboxylic acids is 1. The van der Waals surface area contributed by atoms with Gasteiger partial charge < -0.3 is 11.1 Å². The molecule has 9 heteroatoms. The van der Waals surface area contributed by atoms with Gasteiger partial charge in [0, 0.05) is 18.8 Å². The van der Waals surface area contributed by atoms with Crippen LogP contribution >= 0.6 is 0 Å². The molecule has 0 aliphatic heterocycles. The molecule has 114 valence electrons. The number of nitrogens with zero attached hydrogens (tertiary/aromatic N) is 2. The van der Waals surface area contributed by atoms with Gasteiger partial charge in [-0.1, -0.05) is 6.92 Å². The zero-order valence-corrected chi connectivity index (χ0v) is 12.7. The third-order valence-corrected chi connectivity index (χ3v) is 3.79. The van der Waals surface area contributed by atoms with Gasteiger partial charge in [0.1, 0.15) is 4.90 Å². The molecule has 0 aliphatic carbocycles. The van der Waals surface area contributed by atoms with Crippen molar-refractivity contribution in [1.29, 1.82) is 0 Å². The van der Waals surface area contributed by atoms with E-state index in [1.807, 2.05) is 6.92 Å². The number of hydrogen-bond donors (Lipinski definition) is 3. The van der Waals surface area contributed by atoms with E-state index < -0.39 is 15.9 Å². The third kappa shape index (κ3) is 4.49. The lowest BCUT2D eigenvalue weighted by molar-refractivity contribution is -0.120. The van der Waals surface area contributed by atoms with E-state index in [4.69, 9.17) is 5.73 Å². The molecule has 0 aromatic carbocycles.